The molecule has 0 saturated carbocycles. The van der Waals surface area contributed by atoms with Crippen molar-refractivity contribution < 1.29 is 18.0 Å². The molecule has 1 heterocycles. The van der Waals surface area contributed by atoms with E-state index in [1.54, 1.807) is 19.1 Å². The Kier molecular flexibility index (Phi) is 7.87. The van der Waals surface area contributed by atoms with Gasteiger partial charge in [0.1, 0.15) is 0 Å². The Bertz CT molecular complexity index is 1060. The topological polar surface area (TPSA) is 108 Å². The Morgan fingerprint density at radius 1 is 0.938 bits per heavy atom. The number of rotatable bonds is 7. The van der Waals surface area contributed by atoms with Gasteiger partial charge < -0.3 is 16.0 Å². The van der Waals surface area contributed by atoms with Crippen LogP contribution in [0.3, 0.4) is 0 Å². The number of carbonyl (C=O) groups is 2. The van der Waals surface area contributed by atoms with Crippen molar-refractivity contribution in [2.24, 2.45) is 0 Å². The van der Waals surface area contributed by atoms with Crippen LogP contribution in [-0.4, -0.2) is 44.3 Å². The summed E-state index contributed by atoms with van der Waals surface area (Å²) in [5.41, 5.74) is 3.09. The maximum Gasteiger partial charge on any atom is 0.315 e. The lowest BCUT2D eigenvalue weighted by Crippen LogP contribution is -2.39. The average molecular weight is 459 g/mol. The van der Waals surface area contributed by atoms with E-state index in [0.717, 1.165) is 30.4 Å². The summed E-state index contributed by atoms with van der Waals surface area (Å²) >= 11 is 0. The Balaban J connectivity index is 1.54. The lowest BCUT2D eigenvalue weighted by Gasteiger charge is -2.26. The van der Waals surface area contributed by atoms with E-state index in [4.69, 9.17) is 0 Å². The van der Waals surface area contributed by atoms with Gasteiger partial charge in [0, 0.05) is 25.3 Å². The fourth-order valence-corrected chi connectivity index (χ4v) is 5.28. The molecule has 8 nitrogen and oxygen atoms in total. The second-order valence-electron chi connectivity index (χ2n) is 8.02. The van der Waals surface area contributed by atoms with Gasteiger partial charge in [-0.3, -0.25) is 4.79 Å². The van der Waals surface area contributed by atoms with Crippen molar-refractivity contribution in [1.82, 2.24) is 14.9 Å². The summed E-state index contributed by atoms with van der Waals surface area (Å²) in [5.74, 6) is -0.444. The van der Waals surface area contributed by atoms with Crippen LogP contribution in [0.25, 0.3) is 0 Å². The van der Waals surface area contributed by atoms with Crippen LogP contribution in [0.2, 0.25) is 0 Å². The molecule has 0 aliphatic carbocycles. The molecule has 1 aliphatic rings. The van der Waals surface area contributed by atoms with Crippen LogP contribution >= 0.6 is 0 Å². The molecule has 3 N–H and O–H groups in total. The minimum absolute atomic E-state index is 0.195. The van der Waals surface area contributed by atoms with Gasteiger partial charge in [-0.2, -0.15) is 4.31 Å². The molecule has 0 atom stereocenters. The third kappa shape index (κ3) is 6.30. The number of nitrogens with one attached hydrogen (secondary N) is 3. The van der Waals surface area contributed by atoms with E-state index < -0.39 is 22.0 Å². The second-order valence-corrected chi connectivity index (χ2v) is 9.92. The molecular formula is C23H30N4O4S. The molecule has 2 aromatic rings. The third-order valence-electron chi connectivity index (χ3n) is 5.39. The van der Waals surface area contributed by atoms with Crippen LogP contribution in [0, 0.1) is 13.8 Å². The summed E-state index contributed by atoms with van der Waals surface area (Å²) < 4.78 is 27.5. The van der Waals surface area contributed by atoms with Crippen molar-refractivity contribution >= 4 is 27.6 Å². The molecule has 0 spiro atoms. The van der Waals surface area contributed by atoms with Crippen molar-refractivity contribution in [1.29, 1.82) is 0 Å². The normalized spacial score (nSPS) is 14.6. The van der Waals surface area contributed by atoms with Gasteiger partial charge in [-0.15, -0.1) is 0 Å². The largest absolute Gasteiger partial charge is 0.334 e. The first-order valence-electron chi connectivity index (χ1n) is 10.7. The third-order valence-corrected chi connectivity index (χ3v) is 7.43. The Morgan fingerprint density at radius 2 is 1.62 bits per heavy atom. The van der Waals surface area contributed by atoms with Crippen LogP contribution in [0.5, 0.6) is 0 Å². The minimum atomic E-state index is -3.61. The zero-order valence-electron chi connectivity index (χ0n) is 18.5. The zero-order chi connectivity index (χ0) is 23.1. The van der Waals surface area contributed by atoms with E-state index >= 15 is 0 Å². The molecule has 3 rings (SSSR count). The van der Waals surface area contributed by atoms with Gasteiger partial charge in [0.25, 0.3) is 0 Å². The van der Waals surface area contributed by atoms with Crippen LogP contribution in [0.4, 0.5) is 10.5 Å². The van der Waals surface area contributed by atoms with E-state index in [1.807, 2.05) is 31.2 Å². The summed E-state index contributed by atoms with van der Waals surface area (Å²) in [6, 6.07) is 12.1. The van der Waals surface area contributed by atoms with Crippen LogP contribution in [0.15, 0.2) is 47.4 Å². The molecule has 3 amide bonds. The summed E-state index contributed by atoms with van der Waals surface area (Å²) in [4.78, 5) is 24.4. The minimum Gasteiger partial charge on any atom is -0.334 e. The first-order chi connectivity index (χ1) is 15.3. The summed E-state index contributed by atoms with van der Waals surface area (Å²) in [6.07, 6.45) is 2.74. The number of benzene rings is 2. The fraction of sp³-hybridized carbons (Fsp3) is 0.391. The Hall–Kier alpha value is -2.91. The van der Waals surface area contributed by atoms with Crippen LogP contribution < -0.4 is 16.0 Å². The van der Waals surface area contributed by atoms with E-state index in [2.05, 4.69) is 16.0 Å². The number of anilines is 1. The highest BCUT2D eigenvalue weighted by molar-refractivity contribution is 7.89. The number of amides is 3. The summed E-state index contributed by atoms with van der Waals surface area (Å²) in [7, 11) is -3.61. The molecule has 0 aromatic heterocycles. The molecule has 0 bridgehead atoms. The van der Waals surface area contributed by atoms with Crippen molar-refractivity contribution in [2.75, 3.05) is 25.0 Å². The van der Waals surface area contributed by atoms with Gasteiger partial charge in [-0.25, -0.2) is 13.2 Å². The van der Waals surface area contributed by atoms with Gasteiger partial charge in [0.2, 0.25) is 15.9 Å². The van der Waals surface area contributed by atoms with Gasteiger partial charge in [-0.1, -0.05) is 42.3 Å². The Morgan fingerprint density at radius 3 is 2.31 bits per heavy atom. The van der Waals surface area contributed by atoms with Gasteiger partial charge in [0.05, 0.1) is 11.4 Å². The Labute approximate surface area is 189 Å². The van der Waals surface area contributed by atoms with Crippen molar-refractivity contribution in [2.45, 2.75) is 44.6 Å². The number of urea groups is 1. The van der Waals surface area contributed by atoms with Crippen molar-refractivity contribution in [3.8, 4) is 0 Å². The lowest BCUT2D eigenvalue weighted by molar-refractivity contribution is -0.115. The van der Waals surface area contributed by atoms with Gasteiger partial charge >= 0.3 is 6.03 Å². The quantitative estimate of drug-likeness (QED) is 0.593. The van der Waals surface area contributed by atoms with Crippen LogP contribution in [-0.2, 0) is 21.4 Å². The molecule has 0 unspecified atom stereocenters. The van der Waals surface area contributed by atoms with E-state index in [-0.39, 0.29) is 11.4 Å². The zero-order valence-corrected chi connectivity index (χ0v) is 19.3. The molecule has 1 fully saturated rings. The smallest absolute Gasteiger partial charge is 0.315 e. The van der Waals surface area contributed by atoms with Crippen molar-refractivity contribution in [3.05, 3.63) is 59.2 Å². The lowest BCUT2D eigenvalue weighted by atomic mass is 10.1. The van der Waals surface area contributed by atoms with E-state index in [9.17, 15) is 18.0 Å². The average Bonchev–Trinajstić information content (AvgIpc) is 2.79. The molecule has 2 aromatic carbocycles. The number of hydrogen-bond acceptors (Lipinski definition) is 4. The molecule has 1 aliphatic heterocycles. The molecular weight excluding hydrogens is 428 g/mol. The highest BCUT2D eigenvalue weighted by Crippen LogP contribution is 2.26. The molecule has 9 heteroatoms. The predicted molar refractivity (Wildman–Crippen MR) is 124 cm³/mol. The molecule has 172 valence electrons. The van der Waals surface area contributed by atoms with Gasteiger partial charge in [-0.05, 0) is 49.9 Å². The number of hydrogen-bond donors (Lipinski definition) is 3. The van der Waals surface area contributed by atoms with E-state index in [1.165, 1.54) is 10.4 Å². The maximum absolute atomic E-state index is 13.0. The SMILES string of the molecule is Cc1ccc(CNC(=O)NCC(=O)Nc2ccc(C)c(S(=O)(=O)N3CCCCC3)c2)cc1. The van der Waals surface area contributed by atoms with Crippen LogP contribution in [0.1, 0.15) is 36.0 Å². The molecule has 1 saturated heterocycles. The number of aryl methyl sites for hydroxylation is 2. The second kappa shape index (κ2) is 10.6. The number of piperidine rings is 1. The highest BCUT2D eigenvalue weighted by Gasteiger charge is 2.27. The highest BCUT2D eigenvalue weighted by atomic mass is 32.2. The predicted octanol–water partition coefficient (Wildman–Crippen LogP) is 2.92. The number of nitrogens with zero attached hydrogens (tertiary/aromatic N) is 1. The number of sulfonamides is 1. The maximum atomic E-state index is 13.0. The molecule has 0 radical (unpaired) electrons. The van der Waals surface area contributed by atoms with Crippen molar-refractivity contribution in [3.63, 3.8) is 0 Å². The summed E-state index contributed by atoms with van der Waals surface area (Å²) in [5, 5.41) is 7.85. The molecule has 32 heavy (non-hydrogen) atoms. The monoisotopic (exact) mass is 458 g/mol. The first kappa shape index (κ1) is 23.7. The van der Waals surface area contributed by atoms with Gasteiger partial charge in [0.15, 0.2) is 0 Å². The van der Waals surface area contributed by atoms with E-state index in [0.29, 0.717) is 30.9 Å². The fourth-order valence-electron chi connectivity index (χ4n) is 3.52. The standard InChI is InChI=1S/C23H30N4O4S/c1-17-6-9-19(10-7-17)15-24-23(29)25-16-22(28)26-20-11-8-18(2)21(14-20)32(30,31)27-12-4-3-5-13-27/h6-11,14H,3-5,12-13,15-16H2,1-2H3,(H,26,28)(H2,24,25,29). The first-order valence-corrected chi connectivity index (χ1v) is 12.2. The number of carbonyl (C=O) groups excluding carboxylic acids is 2. The summed E-state index contributed by atoms with van der Waals surface area (Å²) in [6.45, 7) is 4.87.